The molecule has 1 saturated heterocycles. The molecule has 7 N–H and O–H groups in total. The Labute approximate surface area is 135 Å². The van der Waals surface area contributed by atoms with Gasteiger partial charge < -0.3 is 31.9 Å². The quantitative estimate of drug-likeness (QED) is 0.306. The molecule has 0 aromatic carbocycles. The van der Waals surface area contributed by atoms with Crippen LogP contribution in [0, 0.1) is 0 Å². The highest BCUT2D eigenvalue weighted by atomic mass is 16.4. The molecular formula is C14H26N4O5. The summed E-state index contributed by atoms with van der Waals surface area (Å²) in [5.74, 6) is -2.11. The molecule has 0 spiro atoms. The van der Waals surface area contributed by atoms with Crippen LogP contribution in [0.4, 0.5) is 0 Å². The molecule has 2 amide bonds. The first-order chi connectivity index (χ1) is 10.9. The first-order valence-electron chi connectivity index (χ1n) is 7.82. The van der Waals surface area contributed by atoms with Crippen LogP contribution in [-0.2, 0) is 14.4 Å². The highest BCUT2D eigenvalue weighted by Crippen LogP contribution is 2.18. The number of likely N-dealkylation sites (tertiary alicyclic amines) is 1. The van der Waals surface area contributed by atoms with Crippen molar-refractivity contribution >= 4 is 17.8 Å². The van der Waals surface area contributed by atoms with E-state index < -0.39 is 42.5 Å². The van der Waals surface area contributed by atoms with Gasteiger partial charge in [0.15, 0.2) is 0 Å². The lowest BCUT2D eigenvalue weighted by molar-refractivity contribution is -0.144. The normalized spacial score (nSPS) is 20.1. The van der Waals surface area contributed by atoms with Gasteiger partial charge in [0, 0.05) is 6.54 Å². The zero-order valence-electron chi connectivity index (χ0n) is 13.1. The molecule has 3 unspecified atom stereocenters. The Kier molecular flexibility index (Phi) is 7.93. The molecule has 0 radical (unpaired) electrons. The Hall–Kier alpha value is -1.71. The van der Waals surface area contributed by atoms with Crippen molar-refractivity contribution in [3.63, 3.8) is 0 Å². The number of nitrogens with one attached hydrogen (secondary N) is 1. The number of nitrogens with two attached hydrogens (primary N) is 2. The molecule has 3 atom stereocenters. The van der Waals surface area contributed by atoms with Crippen LogP contribution in [0.2, 0.25) is 0 Å². The number of nitrogens with zero attached hydrogens (tertiary/aromatic N) is 1. The van der Waals surface area contributed by atoms with E-state index in [0.717, 1.165) is 0 Å². The summed E-state index contributed by atoms with van der Waals surface area (Å²) in [6.07, 6.45) is 2.64. The van der Waals surface area contributed by atoms with Crippen molar-refractivity contribution in [3.05, 3.63) is 0 Å². The molecular weight excluding hydrogens is 304 g/mol. The highest BCUT2D eigenvalue weighted by Gasteiger charge is 2.37. The topological polar surface area (TPSA) is 159 Å². The summed E-state index contributed by atoms with van der Waals surface area (Å²) in [5.41, 5.74) is 10.9. The van der Waals surface area contributed by atoms with Gasteiger partial charge in [0.1, 0.15) is 18.1 Å². The van der Waals surface area contributed by atoms with Crippen LogP contribution in [0.5, 0.6) is 0 Å². The van der Waals surface area contributed by atoms with Crippen molar-refractivity contribution in [1.82, 2.24) is 10.2 Å². The van der Waals surface area contributed by atoms with Gasteiger partial charge in [-0.1, -0.05) is 0 Å². The molecule has 9 heteroatoms. The second-order valence-corrected chi connectivity index (χ2v) is 5.66. The second-order valence-electron chi connectivity index (χ2n) is 5.66. The third-order valence-electron chi connectivity index (χ3n) is 3.91. The lowest BCUT2D eigenvalue weighted by atomic mass is 10.1. The molecule has 0 bridgehead atoms. The van der Waals surface area contributed by atoms with E-state index in [2.05, 4.69) is 5.32 Å². The van der Waals surface area contributed by atoms with Gasteiger partial charge in [0.05, 0.1) is 6.61 Å². The second kappa shape index (κ2) is 9.43. The van der Waals surface area contributed by atoms with Crippen molar-refractivity contribution in [2.75, 3.05) is 19.7 Å². The van der Waals surface area contributed by atoms with Crippen molar-refractivity contribution in [2.45, 2.75) is 50.2 Å². The zero-order chi connectivity index (χ0) is 17.4. The van der Waals surface area contributed by atoms with Gasteiger partial charge in [-0.3, -0.25) is 9.59 Å². The Bertz CT molecular complexity index is 431. The Balaban J connectivity index is 2.66. The van der Waals surface area contributed by atoms with Crippen molar-refractivity contribution in [3.8, 4) is 0 Å². The molecule has 0 aliphatic carbocycles. The molecule has 9 nitrogen and oxygen atoms in total. The largest absolute Gasteiger partial charge is 0.480 e. The molecule has 1 heterocycles. The Morgan fingerprint density at radius 3 is 2.57 bits per heavy atom. The van der Waals surface area contributed by atoms with Crippen LogP contribution in [0.15, 0.2) is 0 Å². The number of carbonyl (C=O) groups excluding carboxylic acids is 2. The van der Waals surface area contributed by atoms with Crippen molar-refractivity contribution < 1.29 is 24.6 Å². The number of unbranched alkanes of at least 4 members (excludes halogenated alkanes) is 1. The minimum atomic E-state index is -1.11. The summed E-state index contributed by atoms with van der Waals surface area (Å²) in [5, 5.41) is 20.6. The molecule has 0 saturated carbocycles. The average molecular weight is 330 g/mol. The van der Waals surface area contributed by atoms with Gasteiger partial charge in [-0.05, 0) is 38.6 Å². The van der Waals surface area contributed by atoms with Crippen LogP contribution in [0.25, 0.3) is 0 Å². The molecule has 1 aliphatic heterocycles. The summed E-state index contributed by atoms with van der Waals surface area (Å²) >= 11 is 0. The van der Waals surface area contributed by atoms with E-state index in [9.17, 15) is 19.5 Å². The maximum atomic E-state index is 12.3. The van der Waals surface area contributed by atoms with Gasteiger partial charge in [0.2, 0.25) is 11.8 Å². The monoisotopic (exact) mass is 330 g/mol. The van der Waals surface area contributed by atoms with Gasteiger partial charge in [-0.15, -0.1) is 0 Å². The standard InChI is InChI=1S/C14H26N4O5/c15-6-2-1-4-10(14(22)23)17-12(20)11-5-3-7-18(11)13(21)9(16)8-19/h9-11,19H,1-8,15-16H2,(H,17,20)(H,22,23). The fourth-order valence-corrected chi connectivity index (χ4v) is 2.61. The lowest BCUT2D eigenvalue weighted by Gasteiger charge is -2.27. The van der Waals surface area contributed by atoms with E-state index in [1.165, 1.54) is 4.90 Å². The molecule has 1 aliphatic rings. The highest BCUT2D eigenvalue weighted by molar-refractivity contribution is 5.92. The zero-order valence-corrected chi connectivity index (χ0v) is 13.1. The van der Waals surface area contributed by atoms with Crippen LogP contribution in [-0.4, -0.2) is 70.7 Å². The number of rotatable bonds is 9. The minimum absolute atomic E-state index is 0.287. The average Bonchev–Trinajstić information content (AvgIpc) is 3.01. The van der Waals surface area contributed by atoms with E-state index in [4.69, 9.17) is 16.6 Å². The van der Waals surface area contributed by atoms with Gasteiger partial charge in [0.25, 0.3) is 0 Å². The van der Waals surface area contributed by atoms with E-state index >= 15 is 0 Å². The molecule has 0 aromatic heterocycles. The molecule has 23 heavy (non-hydrogen) atoms. The molecule has 132 valence electrons. The number of aliphatic hydroxyl groups is 1. The molecule has 0 aromatic rings. The summed E-state index contributed by atoms with van der Waals surface area (Å²) in [6, 6.07) is -2.81. The maximum absolute atomic E-state index is 12.3. The van der Waals surface area contributed by atoms with E-state index in [0.29, 0.717) is 38.8 Å². The third-order valence-corrected chi connectivity index (χ3v) is 3.91. The number of hydrogen-bond acceptors (Lipinski definition) is 6. The van der Waals surface area contributed by atoms with Crippen molar-refractivity contribution in [1.29, 1.82) is 0 Å². The number of hydrogen-bond donors (Lipinski definition) is 5. The Morgan fingerprint density at radius 2 is 2.00 bits per heavy atom. The molecule has 1 fully saturated rings. The van der Waals surface area contributed by atoms with E-state index in [1.54, 1.807) is 0 Å². The summed E-state index contributed by atoms with van der Waals surface area (Å²) in [4.78, 5) is 36.9. The predicted octanol–water partition coefficient (Wildman–Crippen LogP) is -2.00. The summed E-state index contributed by atoms with van der Waals surface area (Å²) < 4.78 is 0. The lowest BCUT2D eigenvalue weighted by Crippen LogP contribution is -2.54. The van der Waals surface area contributed by atoms with Crippen LogP contribution >= 0.6 is 0 Å². The number of carboxylic acid groups (broad SMARTS) is 1. The number of amides is 2. The number of carboxylic acids is 1. The van der Waals surface area contributed by atoms with Gasteiger partial charge in [-0.25, -0.2) is 4.79 Å². The molecule has 1 rings (SSSR count). The fraction of sp³-hybridized carbons (Fsp3) is 0.786. The number of aliphatic carboxylic acids is 1. The SMILES string of the molecule is NCCCCC(NC(=O)C1CCCN1C(=O)C(N)CO)C(=O)O. The predicted molar refractivity (Wildman–Crippen MR) is 82.3 cm³/mol. The van der Waals surface area contributed by atoms with Crippen LogP contribution in [0.3, 0.4) is 0 Å². The minimum Gasteiger partial charge on any atom is -0.480 e. The van der Waals surface area contributed by atoms with Crippen LogP contribution < -0.4 is 16.8 Å². The maximum Gasteiger partial charge on any atom is 0.326 e. The van der Waals surface area contributed by atoms with Crippen molar-refractivity contribution in [2.24, 2.45) is 11.5 Å². The van der Waals surface area contributed by atoms with Crippen LogP contribution in [0.1, 0.15) is 32.1 Å². The summed E-state index contributed by atoms with van der Waals surface area (Å²) in [7, 11) is 0. The fourth-order valence-electron chi connectivity index (χ4n) is 2.61. The Morgan fingerprint density at radius 1 is 1.30 bits per heavy atom. The number of aliphatic hydroxyl groups excluding tert-OH is 1. The first-order valence-corrected chi connectivity index (χ1v) is 7.82. The summed E-state index contributed by atoms with van der Waals surface area (Å²) in [6.45, 7) is 0.334. The van der Waals surface area contributed by atoms with Gasteiger partial charge in [-0.2, -0.15) is 0 Å². The third kappa shape index (κ3) is 5.45. The number of carbonyl (C=O) groups is 3. The smallest absolute Gasteiger partial charge is 0.326 e. The van der Waals surface area contributed by atoms with Gasteiger partial charge >= 0.3 is 5.97 Å². The van der Waals surface area contributed by atoms with E-state index in [1.807, 2.05) is 0 Å². The first kappa shape index (κ1) is 19.3. The van der Waals surface area contributed by atoms with E-state index in [-0.39, 0.29) is 6.42 Å².